The molecule has 0 spiro atoms. The first-order valence-electron chi connectivity index (χ1n) is 12.1. The van der Waals surface area contributed by atoms with Crippen molar-refractivity contribution in [3.05, 3.63) is 24.3 Å². The van der Waals surface area contributed by atoms with Gasteiger partial charge in [0.25, 0.3) is 5.91 Å². The van der Waals surface area contributed by atoms with Crippen LogP contribution in [0.2, 0.25) is 0 Å². The molecule has 3 unspecified atom stereocenters. The fraction of sp³-hybridized carbons (Fsp3) is 0.652. The maximum atomic E-state index is 13.2. The monoisotopic (exact) mass is 497 g/mol. The van der Waals surface area contributed by atoms with Gasteiger partial charge in [0.2, 0.25) is 5.91 Å². The molecule has 3 heterocycles. The maximum Gasteiger partial charge on any atom is 0.573 e. The topological polar surface area (TPSA) is 95.2 Å². The van der Waals surface area contributed by atoms with Crippen molar-refractivity contribution in [2.24, 2.45) is 17.8 Å². The third kappa shape index (κ3) is 5.65. The Hall–Kier alpha value is -2.57. The highest BCUT2D eigenvalue weighted by Gasteiger charge is 2.43. The second-order valence-corrected chi connectivity index (χ2v) is 9.84. The van der Waals surface area contributed by atoms with E-state index >= 15 is 0 Å². The van der Waals surface area contributed by atoms with Crippen molar-refractivity contribution < 1.29 is 32.2 Å². The van der Waals surface area contributed by atoms with E-state index < -0.39 is 6.36 Å². The van der Waals surface area contributed by atoms with Crippen molar-refractivity contribution >= 4 is 11.8 Å². The van der Waals surface area contributed by atoms with Gasteiger partial charge in [0.15, 0.2) is 6.61 Å². The van der Waals surface area contributed by atoms with Crippen LogP contribution in [0.25, 0.3) is 0 Å². The van der Waals surface area contributed by atoms with Gasteiger partial charge >= 0.3 is 6.36 Å². The highest BCUT2D eigenvalue weighted by Crippen LogP contribution is 2.35. The van der Waals surface area contributed by atoms with Crippen molar-refractivity contribution in [1.82, 2.24) is 26.2 Å². The molecule has 4 fully saturated rings. The summed E-state index contributed by atoms with van der Waals surface area (Å²) in [6.45, 7) is 2.42. The summed E-state index contributed by atoms with van der Waals surface area (Å²) in [7, 11) is 0. The van der Waals surface area contributed by atoms with Gasteiger partial charge in [-0.3, -0.25) is 9.59 Å². The van der Waals surface area contributed by atoms with Crippen molar-refractivity contribution in [1.29, 1.82) is 0 Å². The maximum absolute atomic E-state index is 13.2. The summed E-state index contributed by atoms with van der Waals surface area (Å²) in [5.74, 6) is 0.677. The lowest BCUT2D eigenvalue weighted by molar-refractivity contribution is -0.274. The molecule has 9 nitrogen and oxygen atoms in total. The molecular formula is C23H30F3N5O4. The number of ether oxygens (including phenoxy) is 2. The average Bonchev–Trinajstić information content (AvgIpc) is 3.47. The fourth-order valence-electron chi connectivity index (χ4n) is 5.76. The van der Waals surface area contributed by atoms with Crippen LogP contribution >= 0.6 is 0 Å². The Balaban J connectivity index is 1.09. The molecule has 0 bridgehead atoms. The molecule has 3 saturated heterocycles. The van der Waals surface area contributed by atoms with E-state index in [0.717, 1.165) is 44.4 Å². The Bertz CT molecular complexity index is 931. The van der Waals surface area contributed by atoms with E-state index in [1.165, 1.54) is 12.1 Å². The molecule has 5 atom stereocenters. The molecule has 1 aliphatic carbocycles. The highest BCUT2D eigenvalue weighted by atomic mass is 19.4. The van der Waals surface area contributed by atoms with E-state index in [9.17, 15) is 22.8 Å². The molecule has 5 rings (SSSR count). The third-order valence-electron chi connectivity index (χ3n) is 7.60. The summed E-state index contributed by atoms with van der Waals surface area (Å²) in [5.41, 5.74) is 9.35. The molecule has 2 amide bonds. The lowest BCUT2D eigenvalue weighted by Gasteiger charge is -2.34. The lowest BCUT2D eigenvalue weighted by Crippen LogP contribution is -2.45. The number of likely N-dealkylation sites (tertiary alicyclic amines) is 2. The fourth-order valence-corrected chi connectivity index (χ4v) is 5.76. The Kier molecular flexibility index (Phi) is 6.78. The highest BCUT2D eigenvalue weighted by molar-refractivity contribution is 5.80. The second kappa shape index (κ2) is 9.82. The summed E-state index contributed by atoms with van der Waals surface area (Å²) < 4.78 is 46.1. The van der Waals surface area contributed by atoms with E-state index in [2.05, 4.69) is 21.1 Å². The number of alkyl halides is 3. The second-order valence-electron chi connectivity index (χ2n) is 9.84. The van der Waals surface area contributed by atoms with Crippen LogP contribution in [0, 0.1) is 17.8 Å². The molecule has 1 aromatic carbocycles. The zero-order valence-electron chi connectivity index (χ0n) is 19.2. The number of rotatable bonds is 5. The average molecular weight is 498 g/mol. The predicted octanol–water partition coefficient (Wildman–Crippen LogP) is 1.42. The number of hydrazine groups is 2. The number of hydrogen-bond acceptors (Lipinski definition) is 7. The van der Waals surface area contributed by atoms with Crippen LogP contribution in [0.3, 0.4) is 0 Å². The number of nitrogens with one attached hydrogen (secondary N) is 3. The summed E-state index contributed by atoms with van der Waals surface area (Å²) >= 11 is 0. The van der Waals surface area contributed by atoms with Crippen molar-refractivity contribution in [3.63, 3.8) is 0 Å². The van der Waals surface area contributed by atoms with Crippen LogP contribution in [0.4, 0.5) is 13.2 Å². The number of piperidine rings is 1. The van der Waals surface area contributed by atoms with Crippen LogP contribution in [0.5, 0.6) is 11.5 Å². The van der Waals surface area contributed by atoms with Crippen LogP contribution in [0.1, 0.15) is 25.7 Å². The molecule has 0 aromatic heterocycles. The quantitative estimate of drug-likeness (QED) is 0.567. The minimum atomic E-state index is -4.76. The Morgan fingerprint density at radius 3 is 2.37 bits per heavy atom. The minimum Gasteiger partial charge on any atom is -0.484 e. The smallest absolute Gasteiger partial charge is 0.484 e. The Labute approximate surface area is 201 Å². The molecular weight excluding hydrogens is 467 g/mol. The largest absolute Gasteiger partial charge is 0.573 e. The third-order valence-corrected chi connectivity index (χ3v) is 7.60. The number of carbonyl (C=O) groups is 2. The molecule has 3 N–H and O–H groups in total. The van der Waals surface area contributed by atoms with Gasteiger partial charge in [-0.25, -0.2) is 10.9 Å². The molecule has 1 saturated carbocycles. The van der Waals surface area contributed by atoms with Gasteiger partial charge in [-0.15, -0.1) is 13.2 Å². The summed E-state index contributed by atoms with van der Waals surface area (Å²) in [6.07, 6.45) is -1.25. The van der Waals surface area contributed by atoms with Gasteiger partial charge in [0.05, 0.1) is 0 Å². The van der Waals surface area contributed by atoms with Gasteiger partial charge in [-0.05, 0) is 61.8 Å². The lowest BCUT2D eigenvalue weighted by atomic mass is 9.82. The molecule has 35 heavy (non-hydrogen) atoms. The molecule has 192 valence electrons. The molecule has 1 aromatic rings. The number of carbonyl (C=O) groups excluding carboxylic acids is 2. The summed E-state index contributed by atoms with van der Waals surface area (Å²) in [4.78, 5) is 29.7. The molecule has 0 radical (unpaired) electrons. The van der Waals surface area contributed by atoms with Crippen molar-refractivity contribution in [2.45, 2.75) is 44.1 Å². The van der Waals surface area contributed by atoms with Gasteiger partial charge in [-0.1, -0.05) is 0 Å². The molecule has 3 aliphatic heterocycles. The van der Waals surface area contributed by atoms with Crippen LogP contribution in [-0.4, -0.2) is 72.8 Å². The van der Waals surface area contributed by atoms with E-state index in [4.69, 9.17) is 4.74 Å². The van der Waals surface area contributed by atoms with Gasteiger partial charge in [0, 0.05) is 44.2 Å². The van der Waals surface area contributed by atoms with E-state index in [1.807, 2.05) is 4.90 Å². The van der Waals surface area contributed by atoms with Crippen molar-refractivity contribution in [3.8, 4) is 11.5 Å². The molecule has 12 heteroatoms. The van der Waals surface area contributed by atoms with Gasteiger partial charge < -0.3 is 19.3 Å². The number of amides is 2. The van der Waals surface area contributed by atoms with Gasteiger partial charge in [-0.2, -0.15) is 5.53 Å². The number of hydrogen-bond donors (Lipinski definition) is 3. The Morgan fingerprint density at radius 1 is 0.914 bits per heavy atom. The normalized spacial score (nSPS) is 30.5. The van der Waals surface area contributed by atoms with Crippen LogP contribution in [0.15, 0.2) is 24.3 Å². The van der Waals surface area contributed by atoms with Gasteiger partial charge in [0.1, 0.15) is 11.5 Å². The summed E-state index contributed by atoms with van der Waals surface area (Å²) in [5, 5.41) is 0. The van der Waals surface area contributed by atoms with E-state index in [0.29, 0.717) is 31.6 Å². The number of benzene rings is 1. The number of nitrogens with zero attached hydrogens (tertiary/aromatic N) is 2. The standard InChI is InChI=1S/C23H30F3N5O4/c24-23(25,26)35-18-4-2-17(3-5-18)34-13-21(32)30-8-7-15-10-31(12-16(15)11-30)22(33)14-1-6-19-20(9-14)28-29-27-19/h2-5,14-16,19-20,27-29H,1,6-13H2/t14?,15-,16-,19?,20?/m1/s1. The number of halogens is 3. The zero-order chi connectivity index (χ0) is 24.6. The molecule has 4 aliphatic rings. The van der Waals surface area contributed by atoms with Crippen molar-refractivity contribution in [2.75, 3.05) is 32.8 Å². The number of fused-ring (bicyclic) bond motifs is 2. The first-order valence-corrected chi connectivity index (χ1v) is 12.1. The summed E-state index contributed by atoms with van der Waals surface area (Å²) in [6, 6.07) is 5.59. The van der Waals surface area contributed by atoms with E-state index in [1.54, 1.807) is 4.90 Å². The SMILES string of the molecule is O=C(COc1ccc(OC(F)(F)F)cc1)N1CC[C@@H]2CN(C(=O)C3CCC4NNNC4C3)C[C@H]2C1. The van der Waals surface area contributed by atoms with Crippen LogP contribution in [-0.2, 0) is 9.59 Å². The Morgan fingerprint density at radius 2 is 1.60 bits per heavy atom. The minimum absolute atomic E-state index is 0.0321. The zero-order valence-corrected chi connectivity index (χ0v) is 19.2. The predicted molar refractivity (Wildman–Crippen MR) is 118 cm³/mol. The van der Waals surface area contributed by atoms with Crippen LogP contribution < -0.4 is 25.9 Å². The van der Waals surface area contributed by atoms with E-state index in [-0.39, 0.29) is 47.8 Å². The first kappa shape index (κ1) is 24.1. The first-order chi connectivity index (χ1) is 16.7.